The van der Waals surface area contributed by atoms with E-state index in [-0.39, 0.29) is 6.61 Å². The molecule has 0 saturated heterocycles. The van der Waals surface area contributed by atoms with Crippen molar-refractivity contribution in [3.8, 4) is 11.5 Å². The highest BCUT2D eigenvalue weighted by Gasteiger charge is 2.26. The van der Waals surface area contributed by atoms with E-state index in [0.29, 0.717) is 35.0 Å². The number of aliphatic hydroxyl groups is 1. The number of ether oxygens (including phenoxy) is 2. The van der Waals surface area contributed by atoms with Crippen molar-refractivity contribution in [2.24, 2.45) is 5.92 Å². The van der Waals surface area contributed by atoms with Crippen LogP contribution in [0.25, 0.3) is 0 Å². The molecule has 2 unspecified atom stereocenters. The second kappa shape index (κ2) is 7.16. The average Bonchev–Trinajstić information content (AvgIpc) is 2.91. The van der Waals surface area contributed by atoms with Crippen molar-refractivity contribution < 1.29 is 14.6 Å². The van der Waals surface area contributed by atoms with Crippen LogP contribution in [0.4, 0.5) is 0 Å². The van der Waals surface area contributed by atoms with Crippen molar-refractivity contribution in [1.29, 1.82) is 0 Å². The van der Waals surface area contributed by atoms with Crippen molar-refractivity contribution in [3.05, 3.63) is 22.7 Å². The zero-order chi connectivity index (χ0) is 14.5. The van der Waals surface area contributed by atoms with Crippen LogP contribution >= 0.6 is 11.6 Å². The van der Waals surface area contributed by atoms with Crippen molar-refractivity contribution in [1.82, 2.24) is 5.32 Å². The van der Waals surface area contributed by atoms with Gasteiger partial charge >= 0.3 is 0 Å². The van der Waals surface area contributed by atoms with E-state index < -0.39 is 0 Å². The van der Waals surface area contributed by atoms with Gasteiger partial charge in [0.25, 0.3) is 0 Å². The Kier molecular flexibility index (Phi) is 5.52. The van der Waals surface area contributed by atoms with Gasteiger partial charge in [-0.15, -0.1) is 0 Å². The van der Waals surface area contributed by atoms with Crippen LogP contribution in [0.2, 0.25) is 5.02 Å². The summed E-state index contributed by atoms with van der Waals surface area (Å²) in [6, 6.07) is 4.20. The van der Waals surface area contributed by atoms with E-state index >= 15 is 0 Å². The Bertz CT molecular complexity index is 453. The number of rotatable bonds is 6. The Balaban J connectivity index is 2.04. The zero-order valence-corrected chi connectivity index (χ0v) is 12.7. The third-order valence-corrected chi connectivity index (χ3v) is 4.24. The molecule has 2 atom stereocenters. The monoisotopic (exact) mass is 299 g/mol. The van der Waals surface area contributed by atoms with Crippen molar-refractivity contribution in [3.63, 3.8) is 0 Å². The molecule has 1 aromatic rings. The molecule has 1 aromatic carbocycles. The third kappa shape index (κ3) is 3.37. The smallest absolute Gasteiger partial charge is 0.179 e. The second-order valence-corrected chi connectivity index (χ2v) is 5.58. The molecular formula is C15H22ClNO3. The Morgan fingerprint density at radius 3 is 2.75 bits per heavy atom. The quantitative estimate of drug-likeness (QED) is 0.848. The molecule has 0 amide bonds. The molecule has 0 bridgehead atoms. The largest absolute Gasteiger partial charge is 0.493 e. The van der Waals surface area contributed by atoms with Gasteiger partial charge in [-0.1, -0.05) is 18.0 Å². The van der Waals surface area contributed by atoms with E-state index in [1.807, 2.05) is 12.1 Å². The van der Waals surface area contributed by atoms with Gasteiger partial charge in [-0.2, -0.15) is 0 Å². The average molecular weight is 300 g/mol. The topological polar surface area (TPSA) is 50.7 Å². The molecule has 2 N–H and O–H groups in total. The first-order valence-electron chi connectivity index (χ1n) is 6.94. The Morgan fingerprint density at radius 1 is 1.30 bits per heavy atom. The van der Waals surface area contributed by atoms with Gasteiger partial charge in [-0.25, -0.2) is 0 Å². The number of methoxy groups -OCH3 is 2. The van der Waals surface area contributed by atoms with Crippen LogP contribution in [0, 0.1) is 5.92 Å². The van der Waals surface area contributed by atoms with Crippen molar-refractivity contribution in [2.45, 2.75) is 31.8 Å². The molecule has 1 aliphatic carbocycles. The zero-order valence-electron chi connectivity index (χ0n) is 12.0. The summed E-state index contributed by atoms with van der Waals surface area (Å²) in [6.07, 6.45) is 3.39. The van der Waals surface area contributed by atoms with Crippen molar-refractivity contribution >= 4 is 11.6 Å². The minimum Gasteiger partial charge on any atom is -0.493 e. The normalized spacial score (nSPS) is 22.0. The van der Waals surface area contributed by atoms with Gasteiger partial charge in [0, 0.05) is 19.2 Å². The summed E-state index contributed by atoms with van der Waals surface area (Å²) in [5.74, 6) is 1.57. The minimum atomic E-state index is 0.254. The molecule has 0 heterocycles. The van der Waals surface area contributed by atoms with E-state index in [2.05, 4.69) is 5.32 Å². The summed E-state index contributed by atoms with van der Waals surface area (Å²) < 4.78 is 10.5. The molecule has 1 fully saturated rings. The van der Waals surface area contributed by atoms with Gasteiger partial charge in [-0.3, -0.25) is 0 Å². The van der Waals surface area contributed by atoms with Gasteiger partial charge in [-0.05, 0) is 36.5 Å². The molecule has 0 aromatic heterocycles. The van der Waals surface area contributed by atoms with Crippen LogP contribution in [-0.4, -0.2) is 32.0 Å². The van der Waals surface area contributed by atoms with Crippen LogP contribution in [0.1, 0.15) is 24.8 Å². The second-order valence-electron chi connectivity index (χ2n) is 5.17. The molecule has 2 rings (SSSR count). The molecular weight excluding hydrogens is 278 g/mol. The number of halogens is 1. The van der Waals surface area contributed by atoms with E-state index in [4.69, 9.17) is 21.1 Å². The SMILES string of the molecule is COc1cc(CNC2CCCC2CO)cc(Cl)c1OC. The van der Waals surface area contributed by atoms with Gasteiger partial charge < -0.3 is 19.9 Å². The van der Waals surface area contributed by atoms with Gasteiger partial charge in [0.05, 0.1) is 19.2 Å². The first-order chi connectivity index (χ1) is 9.69. The molecule has 0 spiro atoms. The summed E-state index contributed by atoms with van der Waals surface area (Å²) in [6.45, 7) is 0.964. The Labute approximate surface area is 125 Å². The standard InChI is InChI=1S/C15H22ClNO3/c1-19-14-7-10(6-12(16)15(14)20-2)8-17-13-5-3-4-11(13)9-18/h6-7,11,13,17-18H,3-5,8-9H2,1-2H3. The lowest BCUT2D eigenvalue weighted by Gasteiger charge is -2.19. The fourth-order valence-electron chi connectivity index (χ4n) is 2.85. The highest BCUT2D eigenvalue weighted by Crippen LogP contribution is 2.36. The van der Waals surface area contributed by atoms with Crippen LogP contribution < -0.4 is 14.8 Å². The molecule has 4 nitrogen and oxygen atoms in total. The maximum absolute atomic E-state index is 9.33. The van der Waals surface area contributed by atoms with Crippen molar-refractivity contribution in [2.75, 3.05) is 20.8 Å². The maximum atomic E-state index is 9.33. The molecule has 0 radical (unpaired) electrons. The number of hydrogen-bond acceptors (Lipinski definition) is 4. The lowest BCUT2D eigenvalue weighted by atomic mass is 10.0. The highest BCUT2D eigenvalue weighted by atomic mass is 35.5. The first kappa shape index (κ1) is 15.4. The predicted molar refractivity (Wildman–Crippen MR) is 79.6 cm³/mol. The molecule has 20 heavy (non-hydrogen) atoms. The highest BCUT2D eigenvalue weighted by molar-refractivity contribution is 6.32. The van der Waals surface area contributed by atoms with E-state index in [1.165, 1.54) is 6.42 Å². The number of aliphatic hydroxyl groups excluding tert-OH is 1. The summed E-state index contributed by atoms with van der Waals surface area (Å²) >= 11 is 6.19. The lowest BCUT2D eigenvalue weighted by molar-refractivity contribution is 0.205. The summed E-state index contributed by atoms with van der Waals surface area (Å²) in [5.41, 5.74) is 1.05. The van der Waals surface area contributed by atoms with E-state index in [9.17, 15) is 5.11 Å². The Morgan fingerprint density at radius 2 is 2.10 bits per heavy atom. The van der Waals surface area contributed by atoms with Gasteiger partial charge in [0.15, 0.2) is 11.5 Å². The maximum Gasteiger partial charge on any atom is 0.179 e. The molecule has 0 aliphatic heterocycles. The fraction of sp³-hybridized carbons (Fsp3) is 0.600. The van der Waals surface area contributed by atoms with Crippen LogP contribution in [0.3, 0.4) is 0 Å². The lowest BCUT2D eigenvalue weighted by Crippen LogP contribution is -2.33. The summed E-state index contributed by atoms with van der Waals surface area (Å²) in [5, 5.41) is 13.4. The third-order valence-electron chi connectivity index (χ3n) is 3.96. The first-order valence-corrected chi connectivity index (χ1v) is 7.32. The number of nitrogens with one attached hydrogen (secondary N) is 1. The minimum absolute atomic E-state index is 0.254. The molecule has 1 saturated carbocycles. The number of hydrogen-bond donors (Lipinski definition) is 2. The fourth-order valence-corrected chi connectivity index (χ4v) is 3.16. The van der Waals surface area contributed by atoms with Crippen LogP contribution in [0.5, 0.6) is 11.5 Å². The summed E-state index contributed by atoms with van der Waals surface area (Å²) in [7, 11) is 3.18. The van der Waals surface area contributed by atoms with Crippen LogP contribution in [-0.2, 0) is 6.54 Å². The van der Waals surface area contributed by atoms with Gasteiger partial charge in [0.1, 0.15) is 0 Å². The molecule has 1 aliphatic rings. The predicted octanol–water partition coefficient (Wildman–Crippen LogP) is 2.61. The molecule has 5 heteroatoms. The van der Waals surface area contributed by atoms with E-state index in [1.54, 1.807) is 14.2 Å². The number of benzene rings is 1. The van der Waals surface area contributed by atoms with Gasteiger partial charge in [0.2, 0.25) is 0 Å². The molecule has 112 valence electrons. The summed E-state index contributed by atoms with van der Waals surface area (Å²) in [4.78, 5) is 0. The Hall–Kier alpha value is -0.970. The van der Waals surface area contributed by atoms with Crippen LogP contribution in [0.15, 0.2) is 12.1 Å². The van der Waals surface area contributed by atoms with E-state index in [0.717, 1.165) is 18.4 Å².